The van der Waals surface area contributed by atoms with E-state index in [0.29, 0.717) is 6.54 Å². The number of hydrogen-bond donors (Lipinski definition) is 2. The zero-order valence-electron chi connectivity index (χ0n) is 13.3. The number of benzene rings is 1. The molecular formula is C16H24ClN3O2. The summed E-state index contributed by atoms with van der Waals surface area (Å²) in [6, 6.07) is 5.79. The number of hydrogen-bond acceptors (Lipinski definition) is 3. The van der Waals surface area contributed by atoms with E-state index in [9.17, 15) is 9.59 Å². The van der Waals surface area contributed by atoms with Crippen molar-refractivity contribution in [3.63, 3.8) is 0 Å². The van der Waals surface area contributed by atoms with Crippen molar-refractivity contribution >= 4 is 29.9 Å². The maximum atomic E-state index is 12.6. The third-order valence-corrected chi connectivity index (χ3v) is 3.91. The number of nitrogens with one attached hydrogen (secondary N) is 2. The highest BCUT2D eigenvalue weighted by molar-refractivity contribution is 5.97. The van der Waals surface area contributed by atoms with Crippen LogP contribution in [0.3, 0.4) is 0 Å². The van der Waals surface area contributed by atoms with Crippen molar-refractivity contribution in [3.05, 3.63) is 29.3 Å². The smallest absolute Gasteiger partial charge is 0.253 e. The monoisotopic (exact) mass is 325 g/mol. The molecule has 0 saturated heterocycles. The van der Waals surface area contributed by atoms with Crippen molar-refractivity contribution in [2.75, 3.05) is 32.5 Å². The van der Waals surface area contributed by atoms with Crippen molar-refractivity contribution < 1.29 is 9.59 Å². The molecule has 6 heteroatoms. The summed E-state index contributed by atoms with van der Waals surface area (Å²) in [5.74, 6) is -0.292. The fourth-order valence-corrected chi connectivity index (χ4v) is 2.74. The third kappa shape index (κ3) is 3.91. The van der Waals surface area contributed by atoms with Crippen molar-refractivity contribution in [3.8, 4) is 0 Å². The summed E-state index contributed by atoms with van der Waals surface area (Å²) in [5, 5.41) is 5.94. The Labute approximate surface area is 137 Å². The van der Waals surface area contributed by atoms with Crippen LogP contribution in [0, 0.1) is 5.92 Å². The van der Waals surface area contributed by atoms with Crippen molar-refractivity contribution in [1.29, 1.82) is 0 Å². The van der Waals surface area contributed by atoms with E-state index in [1.807, 2.05) is 25.1 Å². The van der Waals surface area contributed by atoms with Gasteiger partial charge in [0.05, 0.1) is 5.92 Å². The topological polar surface area (TPSA) is 61.4 Å². The Balaban J connectivity index is 0.00000242. The van der Waals surface area contributed by atoms with Crippen LogP contribution in [-0.2, 0) is 11.2 Å². The van der Waals surface area contributed by atoms with E-state index in [1.54, 1.807) is 19.0 Å². The minimum atomic E-state index is -0.221. The van der Waals surface area contributed by atoms with Gasteiger partial charge >= 0.3 is 0 Å². The highest BCUT2D eigenvalue weighted by Crippen LogP contribution is 2.26. The van der Waals surface area contributed by atoms with Gasteiger partial charge in [-0.1, -0.05) is 13.0 Å². The average molecular weight is 326 g/mol. The Bertz CT molecular complexity index is 548. The molecule has 0 saturated carbocycles. The average Bonchev–Trinajstić information content (AvgIpc) is 2.52. The second-order valence-corrected chi connectivity index (χ2v) is 5.56. The molecule has 1 unspecified atom stereocenters. The fourth-order valence-electron chi connectivity index (χ4n) is 2.74. The highest BCUT2D eigenvalue weighted by atomic mass is 35.5. The predicted molar refractivity (Wildman–Crippen MR) is 90.7 cm³/mol. The minimum absolute atomic E-state index is 0. The number of carbonyl (C=O) groups excluding carboxylic acids is 2. The van der Waals surface area contributed by atoms with Crippen LogP contribution in [0.15, 0.2) is 18.2 Å². The molecule has 0 spiro atoms. The van der Waals surface area contributed by atoms with Crippen molar-refractivity contribution in [2.24, 2.45) is 5.92 Å². The van der Waals surface area contributed by atoms with Crippen LogP contribution in [0.5, 0.6) is 0 Å². The molecule has 1 aromatic carbocycles. The Morgan fingerprint density at radius 2 is 2.14 bits per heavy atom. The van der Waals surface area contributed by atoms with E-state index >= 15 is 0 Å². The molecule has 0 aromatic heterocycles. The van der Waals surface area contributed by atoms with E-state index < -0.39 is 0 Å². The molecule has 5 nitrogen and oxygen atoms in total. The molecule has 0 fully saturated rings. The lowest BCUT2D eigenvalue weighted by Gasteiger charge is -2.25. The number of nitrogens with zero attached hydrogens (tertiary/aromatic N) is 1. The Hall–Kier alpha value is -1.75. The lowest BCUT2D eigenvalue weighted by Crippen LogP contribution is -2.37. The summed E-state index contributed by atoms with van der Waals surface area (Å²) in [6.45, 7) is 3.19. The molecule has 122 valence electrons. The van der Waals surface area contributed by atoms with Crippen LogP contribution in [0.2, 0.25) is 0 Å². The molecule has 1 aliphatic rings. The summed E-state index contributed by atoms with van der Waals surface area (Å²) in [5.41, 5.74) is 2.89. The fraction of sp³-hybridized carbons (Fsp3) is 0.500. The van der Waals surface area contributed by atoms with Gasteiger partial charge in [-0.15, -0.1) is 12.4 Å². The summed E-state index contributed by atoms with van der Waals surface area (Å²) in [7, 11) is 3.36. The highest BCUT2D eigenvalue weighted by Gasteiger charge is 2.22. The quantitative estimate of drug-likeness (QED) is 0.889. The predicted octanol–water partition coefficient (Wildman–Crippen LogP) is 1.92. The van der Waals surface area contributed by atoms with E-state index in [0.717, 1.165) is 36.2 Å². The second-order valence-electron chi connectivity index (χ2n) is 5.56. The van der Waals surface area contributed by atoms with Gasteiger partial charge in [0.2, 0.25) is 5.91 Å². The molecule has 2 N–H and O–H groups in total. The largest absolute Gasteiger partial charge is 0.385 e. The van der Waals surface area contributed by atoms with Crippen LogP contribution in [0.4, 0.5) is 5.69 Å². The SMILES string of the molecule is CNC(=O)C(C)CN(C)C(=O)c1cccc2c1CCCN2.Cl. The van der Waals surface area contributed by atoms with Crippen LogP contribution in [0.1, 0.15) is 29.3 Å². The van der Waals surface area contributed by atoms with Crippen molar-refractivity contribution in [1.82, 2.24) is 10.2 Å². The van der Waals surface area contributed by atoms with Gasteiger partial charge in [-0.3, -0.25) is 9.59 Å². The number of anilines is 1. The summed E-state index contributed by atoms with van der Waals surface area (Å²) in [6.07, 6.45) is 1.96. The molecule has 1 aliphatic heterocycles. The summed E-state index contributed by atoms with van der Waals surface area (Å²) in [4.78, 5) is 25.8. The van der Waals surface area contributed by atoms with Gasteiger partial charge in [0.25, 0.3) is 5.91 Å². The third-order valence-electron chi connectivity index (χ3n) is 3.91. The molecule has 1 atom stereocenters. The van der Waals surface area contributed by atoms with Gasteiger partial charge in [0, 0.05) is 38.4 Å². The van der Waals surface area contributed by atoms with Crippen LogP contribution < -0.4 is 10.6 Å². The molecule has 22 heavy (non-hydrogen) atoms. The lowest BCUT2D eigenvalue weighted by molar-refractivity contribution is -0.124. The van der Waals surface area contributed by atoms with Gasteiger partial charge in [-0.25, -0.2) is 0 Å². The van der Waals surface area contributed by atoms with Crippen LogP contribution in [-0.4, -0.2) is 43.9 Å². The van der Waals surface area contributed by atoms with E-state index in [4.69, 9.17) is 0 Å². The van der Waals surface area contributed by atoms with Gasteiger partial charge < -0.3 is 15.5 Å². The lowest BCUT2D eigenvalue weighted by atomic mass is 9.96. The van der Waals surface area contributed by atoms with Crippen molar-refractivity contribution in [2.45, 2.75) is 19.8 Å². The zero-order valence-corrected chi connectivity index (χ0v) is 14.1. The Morgan fingerprint density at radius 3 is 2.82 bits per heavy atom. The first-order valence-electron chi connectivity index (χ1n) is 7.37. The Kier molecular flexibility index (Phi) is 6.68. The maximum absolute atomic E-state index is 12.6. The van der Waals surface area contributed by atoms with E-state index in [1.165, 1.54) is 0 Å². The first kappa shape index (κ1) is 18.3. The molecular weight excluding hydrogens is 302 g/mol. The Morgan fingerprint density at radius 1 is 1.41 bits per heavy atom. The van der Waals surface area contributed by atoms with E-state index in [-0.39, 0.29) is 30.1 Å². The number of rotatable bonds is 4. The molecule has 0 bridgehead atoms. The molecule has 1 heterocycles. The number of halogens is 1. The standard InChI is InChI=1S/C16H23N3O2.ClH/c1-11(15(20)17-2)10-19(3)16(21)13-6-4-8-14-12(13)7-5-9-18-14;/h4,6,8,11,18H,5,7,9-10H2,1-3H3,(H,17,20);1H. The van der Waals surface area contributed by atoms with Gasteiger partial charge in [0.1, 0.15) is 0 Å². The minimum Gasteiger partial charge on any atom is -0.385 e. The van der Waals surface area contributed by atoms with Gasteiger partial charge in [0.15, 0.2) is 0 Å². The maximum Gasteiger partial charge on any atom is 0.253 e. The number of fused-ring (bicyclic) bond motifs is 1. The molecule has 0 radical (unpaired) electrons. The normalized spacial score (nSPS) is 14.0. The van der Waals surface area contributed by atoms with Gasteiger partial charge in [-0.2, -0.15) is 0 Å². The molecule has 2 rings (SSSR count). The first-order chi connectivity index (χ1) is 10.0. The number of carbonyl (C=O) groups is 2. The second kappa shape index (κ2) is 8.03. The first-order valence-corrected chi connectivity index (χ1v) is 7.37. The molecule has 0 aliphatic carbocycles. The van der Waals surface area contributed by atoms with Gasteiger partial charge in [-0.05, 0) is 30.5 Å². The van der Waals surface area contributed by atoms with Crippen LogP contribution in [0.25, 0.3) is 0 Å². The molecule has 1 aromatic rings. The zero-order chi connectivity index (χ0) is 15.4. The number of amides is 2. The van der Waals surface area contributed by atoms with Crippen LogP contribution >= 0.6 is 12.4 Å². The molecule has 2 amide bonds. The van der Waals surface area contributed by atoms with E-state index in [2.05, 4.69) is 10.6 Å². The summed E-state index contributed by atoms with van der Waals surface area (Å²) < 4.78 is 0. The summed E-state index contributed by atoms with van der Waals surface area (Å²) >= 11 is 0.